The second kappa shape index (κ2) is 3.99. The van der Waals surface area contributed by atoms with Crippen LogP contribution < -0.4 is 5.63 Å². The molecule has 0 aliphatic carbocycles. The Morgan fingerprint density at radius 3 is 2.45 bits per heavy atom. The van der Waals surface area contributed by atoms with Crippen molar-refractivity contribution < 1.29 is 24.5 Å². The molecule has 0 aliphatic rings. The van der Waals surface area contributed by atoms with Crippen molar-refractivity contribution in [3.63, 3.8) is 0 Å². The third-order valence-electron chi connectivity index (χ3n) is 3.07. The minimum atomic E-state index is -1.34. The molecule has 3 rings (SSSR count). The fraction of sp³-hybridized carbons (Fsp3) is 0. The van der Waals surface area contributed by atoms with Gasteiger partial charge in [-0.25, -0.2) is 9.59 Å². The van der Waals surface area contributed by atoms with Crippen molar-refractivity contribution in [2.24, 2.45) is 0 Å². The number of phenols is 2. The van der Waals surface area contributed by atoms with E-state index < -0.39 is 17.3 Å². The van der Waals surface area contributed by atoms with Crippen LogP contribution in [-0.2, 0) is 0 Å². The van der Waals surface area contributed by atoms with Crippen molar-refractivity contribution >= 4 is 27.7 Å². The third-order valence-corrected chi connectivity index (χ3v) is 3.07. The maximum absolute atomic E-state index is 11.9. The van der Waals surface area contributed by atoms with Gasteiger partial charge in [-0.15, -0.1) is 0 Å². The SMILES string of the molecule is O=C(O)c1ccc2c(c1O)c(=O)oc1cc(O)ccc12. The van der Waals surface area contributed by atoms with Gasteiger partial charge in [0, 0.05) is 16.8 Å². The lowest BCUT2D eigenvalue weighted by Gasteiger charge is -2.06. The molecule has 0 saturated heterocycles. The number of carboxylic acid groups (broad SMARTS) is 1. The average Bonchev–Trinajstić information content (AvgIpc) is 2.37. The molecule has 6 nitrogen and oxygen atoms in total. The summed E-state index contributed by atoms with van der Waals surface area (Å²) in [4.78, 5) is 22.9. The zero-order valence-corrected chi connectivity index (χ0v) is 9.95. The number of aromatic hydroxyl groups is 2. The van der Waals surface area contributed by atoms with Crippen LogP contribution in [0.25, 0.3) is 21.7 Å². The zero-order valence-electron chi connectivity index (χ0n) is 9.95. The van der Waals surface area contributed by atoms with E-state index in [2.05, 4.69) is 0 Å². The van der Waals surface area contributed by atoms with Crippen molar-refractivity contribution in [2.75, 3.05) is 0 Å². The lowest BCUT2D eigenvalue weighted by molar-refractivity contribution is 0.0694. The molecule has 6 heteroatoms. The first-order chi connectivity index (χ1) is 9.49. The Labute approximate surface area is 111 Å². The topological polar surface area (TPSA) is 108 Å². The highest BCUT2D eigenvalue weighted by Gasteiger charge is 2.18. The van der Waals surface area contributed by atoms with Crippen molar-refractivity contribution in [2.45, 2.75) is 0 Å². The second-order valence-electron chi connectivity index (χ2n) is 4.26. The minimum Gasteiger partial charge on any atom is -0.508 e. The summed E-state index contributed by atoms with van der Waals surface area (Å²) in [5.41, 5.74) is -1.08. The van der Waals surface area contributed by atoms with E-state index in [0.717, 1.165) is 0 Å². The summed E-state index contributed by atoms with van der Waals surface area (Å²) in [5.74, 6) is -2.03. The monoisotopic (exact) mass is 272 g/mol. The quantitative estimate of drug-likeness (QED) is 0.462. The first-order valence-electron chi connectivity index (χ1n) is 5.64. The van der Waals surface area contributed by atoms with Crippen molar-refractivity contribution in [1.82, 2.24) is 0 Å². The summed E-state index contributed by atoms with van der Waals surface area (Å²) in [5, 5.41) is 28.9. The number of hydrogen-bond acceptors (Lipinski definition) is 5. The molecule has 0 saturated carbocycles. The molecule has 0 fully saturated rings. The van der Waals surface area contributed by atoms with Gasteiger partial charge in [0.25, 0.3) is 0 Å². The molecule has 0 bridgehead atoms. The number of rotatable bonds is 1. The largest absolute Gasteiger partial charge is 0.508 e. The standard InChI is InChI=1S/C14H8O6/c15-6-1-2-7-8-3-4-9(13(17)18)12(16)11(8)14(19)20-10(7)5-6/h1-5,15-16H,(H,17,18). The van der Waals surface area contributed by atoms with Crippen LogP contribution >= 0.6 is 0 Å². The Morgan fingerprint density at radius 2 is 1.75 bits per heavy atom. The van der Waals surface area contributed by atoms with E-state index in [-0.39, 0.29) is 22.3 Å². The lowest BCUT2D eigenvalue weighted by atomic mass is 10.0. The second-order valence-corrected chi connectivity index (χ2v) is 4.26. The average molecular weight is 272 g/mol. The summed E-state index contributed by atoms with van der Waals surface area (Å²) >= 11 is 0. The number of fused-ring (bicyclic) bond motifs is 3. The van der Waals surface area contributed by atoms with Gasteiger partial charge in [0.1, 0.15) is 28.0 Å². The van der Waals surface area contributed by atoms with Crippen molar-refractivity contribution in [3.8, 4) is 11.5 Å². The molecular weight excluding hydrogens is 264 g/mol. The van der Waals surface area contributed by atoms with Gasteiger partial charge >= 0.3 is 11.6 Å². The Bertz CT molecular complexity index is 922. The predicted octanol–water partition coefficient (Wildman–Crippen LogP) is 2.06. The van der Waals surface area contributed by atoms with Crippen LogP contribution in [0.5, 0.6) is 11.5 Å². The van der Waals surface area contributed by atoms with Crippen LogP contribution in [0.4, 0.5) is 0 Å². The Kier molecular flexibility index (Phi) is 2.40. The molecule has 0 atom stereocenters. The first-order valence-corrected chi connectivity index (χ1v) is 5.64. The Morgan fingerprint density at radius 1 is 1.05 bits per heavy atom. The molecule has 0 amide bonds. The first kappa shape index (κ1) is 12.0. The van der Waals surface area contributed by atoms with Crippen LogP contribution in [0.2, 0.25) is 0 Å². The van der Waals surface area contributed by atoms with Gasteiger partial charge in [0.15, 0.2) is 0 Å². The summed E-state index contributed by atoms with van der Waals surface area (Å²) in [7, 11) is 0. The fourth-order valence-electron chi connectivity index (χ4n) is 2.16. The summed E-state index contributed by atoms with van der Waals surface area (Å²) in [6.45, 7) is 0. The molecule has 2 aromatic carbocycles. The molecule has 3 aromatic rings. The van der Waals surface area contributed by atoms with E-state index in [0.29, 0.717) is 10.8 Å². The summed E-state index contributed by atoms with van der Waals surface area (Å²) in [6.07, 6.45) is 0. The highest BCUT2D eigenvalue weighted by atomic mass is 16.4. The van der Waals surface area contributed by atoms with Crippen LogP contribution in [0.15, 0.2) is 39.5 Å². The van der Waals surface area contributed by atoms with E-state index in [9.17, 15) is 19.8 Å². The number of benzene rings is 2. The molecule has 1 heterocycles. The molecule has 3 N–H and O–H groups in total. The lowest BCUT2D eigenvalue weighted by Crippen LogP contribution is -2.04. The Hall–Kier alpha value is -3.02. The fourth-order valence-corrected chi connectivity index (χ4v) is 2.16. The van der Waals surface area contributed by atoms with Crippen molar-refractivity contribution in [3.05, 3.63) is 46.3 Å². The van der Waals surface area contributed by atoms with Crippen LogP contribution in [-0.4, -0.2) is 21.3 Å². The minimum absolute atomic E-state index is 0.0635. The summed E-state index contributed by atoms with van der Waals surface area (Å²) < 4.78 is 5.00. The van der Waals surface area contributed by atoms with E-state index >= 15 is 0 Å². The van der Waals surface area contributed by atoms with E-state index in [1.807, 2.05) is 0 Å². The number of carboxylic acids is 1. The molecule has 0 unspecified atom stereocenters. The highest BCUT2D eigenvalue weighted by Crippen LogP contribution is 2.32. The molecular formula is C14H8O6. The van der Waals surface area contributed by atoms with Gasteiger partial charge in [-0.3, -0.25) is 0 Å². The third kappa shape index (κ3) is 1.58. The number of hydrogen-bond donors (Lipinski definition) is 3. The van der Waals surface area contributed by atoms with Gasteiger partial charge in [0.05, 0.1) is 0 Å². The maximum atomic E-state index is 11.9. The van der Waals surface area contributed by atoms with Gasteiger partial charge < -0.3 is 19.7 Å². The van der Waals surface area contributed by atoms with Crippen molar-refractivity contribution in [1.29, 1.82) is 0 Å². The predicted molar refractivity (Wildman–Crippen MR) is 70.3 cm³/mol. The zero-order chi connectivity index (χ0) is 14.4. The molecule has 0 spiro atoms. The number of aromatic carboxylic acids is 1. The highest BCUT2D eigenvalue weighted by molar-refractivity contribution is 6.09. The molecule has 0 aliphatic heterocycles. The Balaban J connectivity index is 2.56. The molecule has 100 valence electrons. The number of carbonyl (C=O) groups is 1. The smallest absolute Gasteiger partial charge is 0.348 e. The van der Waals surface area contributed by atoms with Crippen LogP contribution in [0.3, 0.4) is 0 Å². The van der Waals surface area contributed by atoms with Gasteiger partial charge in [-0.1, -0.05) is 6.07 Å². The van der Waals surface area contributed by atoms with E-state index in [1.54, 1.807) is 0 Å². The number of phenolic OH excluding ortho intramolecular Hbond substituents is 1. The van der Waals surface area contributed by atoms with Gasteiger partial charge in [-0.05, 0) is 18.2 Å². The van der Waals surface area contributed by atoms with E-state index in [4.69, 9.17) is 9.52 Å². The van der Waals surface area contributed by atoms with Gasteiger partial charge in [0.2, 0.25) is 0 Å². The molecule has 20 heavy (non-hydrogen) atoms. The van der Waals surface area contributed by atoms with Crippen LogP contribution in [0.1, 0.15) is 10.4 Å². The normalized spacial score (nSPS) is 11.0. The van der Waals surface area contributed by atoms with Gasteiger partial charge in [-0.2, -0.15) is 0 Å². The van der Waals surface area contributed by atoms with Crippen LogP contribution in [0, 0.1) is 0 Å². The molecule has 1 aromatic heterocycles. The molecule has 0 radical (unpaired) electrons. The maximum Gasteiger partial charge on any atom is 0.348 e. The summed E-state index contributed by atoms with van der Waals surface area (Å²) in [6, 6.07) is 6.85. The van der Waals surface area contributed by atoms with E-state index in [1.165, 1.54) is 30.3 Å².